The highest BCUT2D eigenvalue weighted by molar-refractivity contribution is 6.33. The summed E-state index contributed by atoms with van der Waals surface area (Å²) in [5, 5.41) is 35.9. The molecule has 0 radical (unpaired) electrons. The highest BCUT2D eigenvalue weighted by Crippen LogP contribution is 2.37. The minimum atomic E-state index is -1.06. The van der Waals surface area contributed by atoms with E-state index in [0.717, 1.165) is 10.9 Å². The second-order valence-corrected chi connectivity index (χ2v) is 9.40. The van der Waals surface area contributed by atoms with Crippen molar-refractivity contribution < 1.29 is 24.5 Å². The number of nitrogens with zero attached hydrogens (tertiary/aromatic N) is 2. The minimum Gasteiger partial charge on any atom is -0.396 e. The molecular weight excluding hydrogens is 471 g/mol. The maximum absolute atomic E-state index is 13.6. The van der Waals surface area contributed by atoms with Crippen LogP contribution in [0.5, 0.6) is 0 Å². The Morgan fingerprint density at radius 3 is 2.43 bits per heavy atom. The van der Waals surface area contributed by atoms with Gasteiger partial charge in [0.25, 0.3) is 0 Å². The van der Waals surface area contributed by atoms with E-state index >= 15 is 0 Å². The van der Waals surface area contributed by atoms with Crippen LogP contribution < -0.4 is 0 Å². The number of ketones is 1. The van der Waals surface area contributed by atoms with Gasteiger partial charge in [0.2, 0.25) is 0 Å². The number of benzene rings is 3. The van der Waals surface area contributed by atoms with Crippen LogP contribution in [0.4, 0.5) is 4.39 Å². The number of fused-ring (bicyclic) bond motifs is 1. The predicted octanol–water partition coefficient (Wildman–Crippen LogP) is 4.41. The Morgan fingerprint density at radius 1 is 1.03 bits per heavy atom. The van der Waals surface area contributed by atoms with Crippen LogP contribution in [0, 0.1) is 17.7 Å². The Bertz CT molecular complexity index is 1390. The Labute approximate surface area is 206 Å². The molecule has 3 aromatic carbocycles. The van der Waals surface area contributed by atoms with Crippen molar-refractivity contribution in [3.63, 3.8) is 0 Å². The number of halogens is 2. The third-order valence-electron chi connectivity index (χ3n) is 6.81. The molecule has 1 fully saturated rings. The first-order valence-corrected chi connectivity index (χ1v) is 11.8. The Morgan fingerprint density at radius 2 is 1.74 bits per heavy atom. The molecule has 180 valence electrons. The van der Waals surface area contributed by atoms with E-state index in [4.69, 9.17) is 16.7 Å². The number of carbonyl (C=O) groups is 1. The van der Waals surface area contributed by atoms with Crippen LogP contribution in [-0.4, -0.2) is 49.7 Å². The molecule has 1 aromatic heterocycles. The third-order valence-corrected chi connectivity index (χ3v) is 7.14. The van der Waals surface area contributed by atoms with E-state index in [0.29, 0.717) is 33.9 Å². The van der Waals surface area contributed by atoms with Crippen LogP contribution in [0.15, 0.2) is 66.7 Å². The number of aromatic nitrogens is 2. The highest BCUT2D eigenvalue weighted by Gasteiger charge is 2.41. The molecule has 1 aliphatic rings. The second kappa shape index (κ2) is 9.51. The standard InChI is InChI=1S/C27H24ClFN2O4/c28-22-4-2-1-3-20(22)25-21-10-5-15(24(33)13-16-11-17(14-32)27(35)26(16)34)12-23(21)31(30-25)19-8-6-18(29)7-9-19/h1-10,12,16-17,26-27,32,34-35H,11,13-14H2/t16-,17+,26-,27+/m0/s1. The van der Waals surface area contributed by atoms with Crippen molar-refractivity contribution in [2.24, 2.45) is 11.8 Å². The van der Waals surface area contributed by atoms with Crippen molar-refractivity contribution in [1.82, 2.24) is 9.78 Å². The summed E-state index contributed by atoms with van der Waals surface area (Å²) in [5.41, 5.74) is 3.07. The summed E-state index contributed by atoms with van der Waals surface area (Å²) in [6.45, 7) is -0.240. The van der Waals surface area contributed by atoms with Gasteiger partial charge >= 0.3 is 0 Å². The van der Waals surface area contributed by atoms with Crippen LogP contribution in [0.25, 0.3) is 27.8 Å². The number of carbonyl (C=O) groups excluding carboxylic acids is 1. The smallest absolute Gasteiger partial charge is 0.163 e. The van der Waals surface area contributed by atoms with E-state index in [9.17, 15) is 24.5 Å². The molecule has 0 aliphatic heterocycles. The molecule has 0 unspecified atom stereocenters. The van der Waals surface area contributed by atoms with E-state index < -0.39 is 24.0 Å². The van der Waals surface area contributed by atoms with Crippen molar-refractivity contribution in [2.75, 3.05) is 6.61 Å². The van der Waals surface area contributed by atoms with Gasteiger partial charge in [-0.05, 0) is 54.8 Å². The molecule has 3 N–H and O–H groups in total. The fourth-order valence-corrected chi connectivity index (χ4v) is 5.11. The van der Waals surface area contributed by atoms with Gasteiger partial charge < -0.3 is 15.3 Å². The quantitative estimate of drug-likeness (QED) is 0.345. The SMILES string of the molecule is O=C(C[C@@H]1C[C@H](CO)[C@@H](O)[C@H]1O)c1ccc2c(-c3ccccc3Cl)nn(-c3ccc(F)cc3)c2c1. The maximum Gasteiger partial charge on any atom is 0.163 e. The topological polar surface area (TPSA) is 95.6 Å². The first kappa shape index (κ1) is 23.6. The van der Waals surface area contributed by atoms with Crippen LogP contribution in [0.3, 0.4) is 0 Å². The van der Waals surface area contributed by atoms with Crippen molar-refractivity contribution in [2.45, 2.75) is 25.0 Å². The average Bonchev–Trinajstić information content (AvgIpc) is 3.37. The molecule has 6 nitrogen and oxygen atoms in total. The first-order chi connectivity index (χ1) is 16.9. The number of Topliss-reactive ketones (excluding diaryl/α,β-unsaturated/α-hetero) is 1. The fourth-order valence-electron chi connectivity index (χ4n) is 4.89. The number of rotatable bonds is 6. The summed E-state index contributed by atoms with van der Waals surface area (Å²) in [4.78, 5) is 13.2. The Kier molecular flexibility index (Phi) is 6.42. The molecule has 1 aliphatic carbocycles. The van der Waals surface area contributed by atoms with Gasteiger partial charge in [0.05, 0.1) is 28.4 Å². The summed E-state index contributed by atoms with van der Waals surface area (Å²) >= 11 is 6.45. The molecule has 8 heteroatoms. The van der Waals surface area contributed by atoms with Gasteiger partial charge in [0, 0.05) is 35.5 Å². The fraction of sp³-hybridized carbons (Fsp3) is 0.259. The summed E-state index contributed by atoms with van der Waals surface area (Å²) in [7, 11) is 0. The molecule has 0 saturated heterocycles. The van der Waals surface area contributed by atoms with Gasteiger partial charge in [-0.2, -0.15) is 5.10 Å². The molecular formula is C27H24ClFN2O4. The molecule has 0 amide bonds. The van der Waals surface area contributed by atoms with Crippen molar-refractivity contribution in [3.05, 3.63) is 83.1 Å². The first-order valence-electron chi connectivity index (χ1n) is 11.4. The van der Waals surface area contributed by atoms with Gasteiger partial charge in [0.1, 0.15) is 11.5 Å². The largest absolute Gasteiger partial charge is 0.396 e. The third kappa shape index (κ3) is 4.36. The van der Waals surface area contributed by atoms with Crippen LogP contribution >= 0.6 is 11.6 Å². The summed E-state index contributed by atoms with van der Waals surface area (Å²) in [5.74, 6) is -1.44. The van der Waals surface area contributed by atoms with E-state index in [-0.39, 0.29) is 24.6 Å². The van der Waals surface area contributed by atoms with Crippen LogP contribution in [0.2, 0.25) is 5.02 Å². The lowest BCUT2D eigenvalue weighted by atomic mass is 9.94. The summed E-state index contributed by atoms with van der Waals surface area (Å²) in [6.07, 6.45) is -1.69. The molecule has 1 saturated carbocycles. The molecule has 4 atom stereocenters. The average molecular weight is 495 g/mol. The molecule has 1 heterocycles. The molecule has 35 heavy (non-hydrogen) atoms. The van der Waals surface area contributed by atoms with Gasteiger partial charge in [0.15, 0.2) is 5.78 Å². The highest BCUT2D eigenvalue weighted by atomic mass is 35.5. The Hall–Kier alpha value is -3.10. The maximum atomic E-state index is 13.6. The van der Waals surface area contributed by atoms with Gasteiger partial charge in [-0.3, -0.25) is 4.79 Å². The minimum absolute atomic E-state index is 0.0439. The summed E-state index contributed by atoms with van der Waals surface area (Å²) in [6, 6.07) is 18.5. The number of hydrogen-bond donors (Lipinski definition) is 3. The molecule has 0 bridgehead atoms. The zero-order valence-corrected chi connectivity index (χ0v) is 19.4. The molecule has 5 rings (SSSR count). The molecule has 4 aromatic rings. The lowest BCUT2D eigenvalue weighted by molar-refractivity contribution is -0.00625. The lowest BCUT2D eigenvalue weighted by Gasteiger charge is -2.16. The van der Waals surface area contributed by atoms with Crippen LogP contribution in [-0.2, 0) is 0 Å². The molecule has 0 spiro atoms. The van der Waals surface area contributed by atoms with Gasteiger partial charge in [-0.15, -0.1) is 0 Å². The van der Waals surface area contributed by atoms with Gasteiger partial charge in [-0.1, -0.05) is 35.9 Å². The van der Waals surface area contributed by atoms with Crippen molar-refractivity contribution in [1.29, 1.82) is 0 Å². The van der Waals surface area contributed by atoms with Crippen molar-refractivity contribution in [3.8, 4) is 16.9 Å². The van der Waals surface area contributed by atoms with Gasteiger partial charge in [-0.25, -0.2) is 9.07 Å². The van der Waals surface area contributed by atoms with Crippen LogP contribution in [0.1, 0.15) is 23.2 Å². The van der Waals surface area contributed by atoms with E-state index in [2.05, 4.69) is 0 Å². The Balaban J connectivity index is 1.57. The number of hydrogen-bond acceptors (Lipinski definition) is 5. The predicted molar refractivity (Wildman–Crippen MR) is 131 cm³/mol. The normalized spacial score (nSPS) is 22.1. The number of aliphatic hydroxyl groups is 3. The van der Waals surface area contributed by atoms with Crippen molar-refractivity contribution >= 4 is 28.3 Å². The summed E-state index contributed by atoms with van der Waals surface area (Å²) < 4.78 is 15.2. The van der Waals surface area contributed by atoms with E-state index in [1.54, 1.807) is 35.0 Å². The number of aliphatic hydroxyl groups excluding tert-OH is 3. The zero-order chi connectivity index (χ0) is 24.7. The zero-order valence-electron chi connectivity index (χ0n) is 18.7. The van der Waals surface area contributed by atoms with E-state index in [1.807, 2.05) is 24.3 Å². The second-order valence-electron chi connectivity index (χ2n) is 9.00. The van der Waals surface area contributed by atoms with E-state index in [1.165, 1.54) is 12.1 Å². The lowest BCUT2D eigenvalue weighted by Crippen LogP contribution is -2.30. The monoisotopic (exact) mass is 494 g/mol.